The monoisotopic (exact) mass is 286 g/mol. The minimum Gasteiger partial charge on any atom is -0.351 e. The van der Waals surface area contributed by atoms with Crippen molar-refractivity contribution >= 4 is 11.8 Å². The summed E-state index contributed by atoms with van der Waals surface area (Å²) in [5.74, 6) is -0.794. The van der Waals surface area contributed by atoms with Crippen LogP contribution in [0, 0.1) is 0 Å². The van der Waals surface area contributed by atoms with E-state index in [0.717, 1.165) is 11.3 Å². The van der Waals surface area contributed by atoms with Gasteiger partial charge in [0, 0.05) is 12.6 Å². The Morgan fingerprint density at radius 2 is 2.05 bits per heavy atom. The quantitative estimate of drug-likeness (QED) is 0.722. The third-order valence-corrected chi connectivity index (χ3v) is 3.06. The van der Waals surface area contributed by atoms with Crippen molar-refractivity contribution in [2.45, 2.75) is 25.3 Å². The van der Waals surface area contributed by atoms with Crippen LogP contribution in [-0.2, 0) is 22.4 Å². The minimum atomic E-state index is -0.735. The fraction of sp³-hybridized carbons (Fsp3) is 0.267. The first-order valence-corrected chi connectivity index (χ1v) is 6.76. The van der Waals surface area contributed by atoms with Gasteiger partial charge in [0.05, 0.1) is 18.1 Å². The molecular weight excluding hydrogens is 268 g/mol. The first kappa shape index (κ1) is 14.9. The summed E-state index contributed by atoms with van der Waals surface area (Å²) in [6, 6.07) is 8.72. The molecule has 0 aliphatic carbocycles. The molecule has 1 aromatic carbocycles. The molecule has 4 N–H and O–H groups in total. The van der Waals surface area contributed by atoms with E-state index in [1.165, 1.54) is 0 Å². The Morgan fingerprint density at radius 3 is 2.71 bits per heavy atom. The molecular formula is C15H18N4O2. The number of aryl methyl sites for hydroxylation is 1. The lowest BCUT2D eigenvalue weighted by Crippen LogP contribution is -2.44. The molecule has 0 aliphatic heterocycles. The van der Waals surface area contributed by atoms with Gasteiger partial charge in [-0.15, -0.1) is 0 Å². The topological polar surface area (TPSA) is 101 Å². The van der Waals surface area contributed by atoms with E-state index in [-0.39, 0.29) is 12.3 Å². The van der Waals surface area contributed by atoms with Gasteiger partial charge in [0.2, 0.25) is 11.8 Å². The molecule has 6 nitrogen and oxygen atoms in total. The molecule has 2 amide bonds. The maximum Gasteiger partial charge on any atom is 0.243 e. The highest BCUT2D eigenvalue weighted by atomic mass is 16.2. The van der Waals surface area contributed by atoms with Gasteiger partial charge < -0.3 is 10.7 Å². The number of nitrogens with one attached hydrogen (secondary N) is 2. The molecule has 0 radical (unpaired) electrons. The van der Waals surface area contributed by atoms with Gasteiger partial charge in [-0.3, -0.25) is 14.9 Å². The lowest BCUT2D eigenvalue weighted by atomic mass is 10.1. The number of benzene rings is 1. The molecule has 1 heterocycles. The van der Waals surface area contributed by atoms with Gasteiger partial charge in [-0.05, 0) is 18.4 Å². The van der Waals surface area contributed by atoms with E-state index < -0.39 is 11.9 Å². The molecule has 0 saturated heterocycles. The first-order chi connectivity index (χ1) is 10.1. The van der Waals surface area contributed by atoms with Gasteiger partial charge in [0.25, 0.3) is 0 Å². The molecule has 1 atom stereocenters. The fourth-order valence-corrected chi connectivity index (χ4v) is 1.92. The molecule has 110 valence electrons. The van der Waals surface area contributed by atoms with E-state index in [1.54, 1.807) is 12.5 Å². The van der Waals surface area contributed by atoms with E-state index in [9.17, 15) is 9.59 Å². The number of nitrogens with zero attached hydrogens (tertiary/aromatic N) is 1. The molecule has 0 unspecified atom stereocenters. The van der Waals surface area contributed by atoms with Crippen LogP contribution in [0.2, 0.25) is 0 Å². The van der Waals surface area contributed by atoms with Gasteiger partial charge in [-0.2, -0.15) is 0 Å². The number of imidazole rings is 1. The SMILES string of the molecule is N[C@@H](Cc1ccccc1)C(=O)NC(=O)CCc1c[nH]cn1. The second-order valence-electron chi connectivity index (χ2n) is 4.77. The predicted octanol–water partition coefficient (Wildman–Crippen LogP) is 0.555. The van der Waals surface area contributed by atoms with Crippen LogP contribution in [0.25, 0.3) is 0 Å². The van der Waals surface area contributed by atoms with Crippen molar-refractivity contribution in [2.24, 2.45) is 5.73 Å². The number of hydrogen-bond acceptors (Lipinski definition) is 4. The number of H-pyrrole nitrogens is 1. The lowest BCUT2D eigenvalue weighted by molar-refractivity contribution is -0.131. The number of amides is 2. The third-order valence-electron chi connectivity index (χ3n) is 3.06. The average molecular weight is 286 g/mol. The molecule has 6 heteroatoms. The maximum absolute atomic E-state index is 11.8. The number of rotatable bonds is 6. The molecule has 0 fully saturated rings. The van der Waals surface area contributed by atoms with Crippen LogP contribution in [0.15, 0.2) is 42.9 Å². The summed E-state index contributed by atoms with van der Waals surface area (Å²) < 4.78 is 0. The fourth-order valence-electron chi connectivity index (χ4n) is 1.92. The van der Waals surface area contributed by atoms with E-state index in [1.807, 2.05) is 30.3 Å². The number of aromatic amines is 1. The summed E-state index contributed by atoms with van der Waals surface area (Å²) in [6.45, 7) is 0. The number of imide groups is 1. The van der Waals surface area contributed by atoms with Gasteiger partial charge in [0.1, 0.15) is 0 Å². The van der Waals surface area contributed by atoms with Crippen LogP contribution in [-0.4, -0.2) is 27.8 Å². The van der Waals surface area contributed by atoms with Crippen molar-refractivity contribution in [3.63, 3.8) is 0 Å². The van der Waals surface area contributed by atoms with Gasteiger partial charge in [-0.1, -0.05) is 30.3 Å². The van der Waals surface area contributed by atoms with Crippen LogP contribution < -0.4 is 11.1 Å². The summed E-state index contributed by atoms with van der Waals surface area (Å²) in [5.41, 5.74) is 7.55. The molecule has 1 aromatic heterocycles. The zero-order valence-electron chi connectivity index (χ0n) is 11.6. The Bertz CT molecular complexity index is 581. The highest BCUT2D eigenvalue weighted by Gasteiger charge is 2.16. The minimum absolute atomic E-state index is 0.203. The van der Waals surface area contributed by atoms with E-state index in [4.69, 9.17) is 5.73 Å². The standard InChI is InChI=1S/C15H18N4O2/c16-13(8-11-4-2-1-3-5-11)15(21)19-14(20)7-6-12-9-17-10-18-12/h1-5,9-10,13H,6-8,16H2,(H,17,18)(H,19,20,21)/t13-/m0/s1. The molecule has 0 aliphatic rings. The van der Waals surface area contributed by atoms with E-state index in [0.29, 0.717) is 12.8 Å². The Morgan fingerprint density at radius 1 is 1.29 bits per heavy atom. The maximum atomic E-state index is 11.8. The Labute approximate surface area is 122 Å². The van der Waals surface area contributed by atoms with Crippen molar-refractivity contribution in [3.05, 3.63) is 54.1 Å². The zero-order chi connectivity index (χ0) is 15.1. The molecule has 0 saturated carbocycles. The number of aromatic nitrogens is 2. The van der Waals surface area contributed by atoms with Gasteiger partial charge >= 0.3 is 0 Å². The highest BCUT2D eigenvalue weighted by Crippen LogP contribution is 2.02. The van der Waals surface area contributed by atoms with Gasteiger partial charge in [-0.25, -0.2) is 4.98 Å². The Hall–Kier alpha value is -2.47. The van der Waals surface area contributed by atoms with Crippen LogP contribution in [0.5, 0.6) is 0 Å². The number of nitrogens with two attached hydrogens (primary N) is 1. The van der Waals surface area contributed by atoms with Crippen molar-refractivity contribution in [2.75, 3.05) is 0 Å². The predicted molar refractivity (Wildman–Crippen MR) is 78.2 cm³/mol. The van der Waals surface area contributed by atoms with Crippen molar-refractivity contribution in [1.29, 1.82) is 0 Å². The van der Waals surface area contributed by atoms with Crippen molar-refractivity contribution in [1.82, 2.24) is 15.3 Å². The van der Waals surface area contributed by atoms with Crippen LogP contribution in [0.1, 0.15) is 17.7 Å². The molecule has 0 bridgehead atoms. The van der Waals surface area contributed by atoms with Crippen LogP contribution in [0.4, 0.5) is 0 Å². The number of carbonyl (C=O) groups is 2. The zero-order valence-corrected chi connectivity index (χ0v) is 11.6. The summed E-state index contributed by atoms with van der Waals surface area (Å²) >= 11 is 0. The molecule has 21 heavy (non-hydrogen) atoms. The van der Waals surface area contributed by atoms with E-state index in [2.05, 4.69) is 15.3 Å². The van der Waals surface area contributed by atoms with Crippen molar-refractivity contribution < 1.29 is 9.59 Å². The normalized spacial score (nSPS) is 11.9. The first-order valence-electron chi connectivity index (χ1n) is 6.76. The smallest absolute Gasteiger partial charge is 0.243 e. The summed E-state index contributed by atoms with van der Waals surface area (Å²) in [5, 5.41) is 2.32. The molecule has 0 spiro atoms. The third kappa shape index (κ3) is 4.85. The second-order valence-corrected chi connectivity index (χ2v) is 4.77. The second kappa shape index (κ2) is 7.35. The summed E-state index contributed by atoms with van der Waals surface area (Å²) in [4.78, 5) is 30.3. The number of hydrogen-bond donors (Lipinski definition) is 3. The van der Waals surface area contributed by atoms with E-state index >= 15 is 0 Å². The Balaban J connectivity index is 1.76. The highest BCUT2D eigenvalue weighted by molar-refractivity contribution is 5.97. The largest absolute Gasteiger partial charge is 0.351 e. The van der Waals surface area contributed by atoms with Crippen molar-refractivity contribution in [3.8, 4) is 0 Å². The summed E-state index contributed by atoms with van der Waals surface area (Å²) in [7, 11) is 0. The molecule has 2 rings (SSSR count). The Kier molecular flexibility index (Phi) is 5.22. The average Bonchev–Trinajstić information content (AvgIpc) is 2.99. The molecule has 2 aromatic rings. The van der Waals surface area contributed by atoms with Gasteiger partial charge in [0.15, 0.2) is 0 Å². The van der Waals surface area contributed by atoms with Crippen LogP contribution >= 0.6 is 0 Å². The summed E-state index contributed by atoms with van der Waals surface area (Å²) in [6.07, 6.45) is 4.36. The van der Waals surface area contributed by atoms with Crippen LogP contribution in [0.3, 0.4) is 0 Å². The number of carbonyl (C=O) groups excluding carboxylic acids is 2. The lowest BCUT2D eigenvalue weighted by Gasteiger charge is -2.11.